The molecule has 0 heterocycles. The Kier molecular flexibility index (Phi) is 8.64. The molecule has 0 atom stereocenters. The number of esters is 1. The minimum atomic E-state index is -0.883. The molecule has 0 bridgehead atoms. The van der Waals surface area contributed by atoms with E-state index in [4.69, 9.17) is 9.47 Å². The molecule has 146 valence electrons. The molecule has 0 N–H and O–H groups in total. The first kappa shape index (κ1) is 21.8. The molecule has 0 unspecified atom stereocenters. The standard InChI is InChI=1S/C18H22N2O7/c1-13(2)5-4-6-14(3)9-10-26-18(21)12-27-15-7-8-16(19(22)23)17(11-15)20(24)25/h5,7-9,11H,4,6,10,12H2,1-3H3/b14-9+. The van der Waals surface area contributed by atoms with E-state index in [0.29, 0.717) is 0 Å². The van der Waals surface area contributed by atoms with Crippen LogP contribution in [0.15, 0.2) is 41.5 Å². The molecule has 9 nitrogen and oxygen atoms in total. The van der Waals surface area contributed by atoms with Crippen LogP contribution in [0.5, 0.6) is 5.75 Å². The van der Waals surface area contributed by atoms with E-state index in [9.17, 15) is 25.0 Å². The number of nitrogens with zero attached hydrogens (tertiary/aromatic N) is 2. The first-order valence-corrected chi connectivity index (χ1v) is 8.21. The first-order chi connectivity index (χ1) is 12.7. The van der Waals surface area contributed by atoms with Gasteiger partial charge in [-0.25, -0.2) is 4.79 Å². The van der Waals surface area contributed by atoms with Gasteiger partial charge in [-0.05, 0) is 45.8 Å². The predicted octanol–water partition coefficient (Wildman–Crippen LogP) is 4.12. The van der Waals surface area contributed by atoms with Gasteiger partial charge in [0.15, 0.2) is 6.61 Å². The molecule has 9 heteroatoms. The molecule has 1 aromatic carbocycles. The van der Waals surface area contributed by atoms with Crippen molar-refractivity contribution >= 4 is 17.3 Å². The van der Waals surface area contributed by atoms with Crippen LogP contribution >= 0.6 is 0 Å². The molecule has 0 spiro atoms. The molecule has 1 aromatic rings. The number of nitro benzene ring substituents is 2. The van der Waals surface area contributed by atoms with Crippen LogP contribution in [0.2, 0.25) is 0 Å². The average Bonchev–Trinajstić information content (AvgIpc) is 2.59. The number of hydrogen-bond donors (Lipinski definition) is 0. The quantitative estimate of drug-likeness (QED) is 0.260. The van der Waals surface area contributed by atoms with Crippen molar-refractivity contribution in [2.45, 2.75) is 33.6 Å². The molecule has 0 fully saturated rings. The summed E-state index contributed by atoms with van der Waals surface area (Å²) in [6.07, 6.45) is 5.71. The smallest absolute Gasteiger partial charge is 0.349 e. The lowest BCUT2D eigenvalue weighted by Gasteiger charge is -2.06. The highest BCUT2D eigenvalue weighted by molar-refractivity contribution is 5.71. The van der Waals surface area contributed by atoms with E-state index < -0.39 is 33.8 Å². The van der Waals surface area contributed by atoms with Gasteiger partial charge < -0.3 is 9.47 Å². The lowest BCUT2D eigenvalue weighted by Crippen LogP contribution is -2.15. The monoisotopic (exact) mass is 378 g/mol. The van der Waals surface area contributed by atoms with E-state index in [0.717, 1.165) is 30.5 Å². The Labute approximate surface area is 156 Å². The number of nitro groups is 2. The third-order valence-electron chi connectivity index (χ3n) is 3.46. The van der Waals surface area contributed by atoms with Crippen LogP contribution < -0.4 is 4.74 Å². The maximum atomic E-state index is 11.7. The van der Waals surface area contributed by atoms with Gasteiger partial charge in [-0.15, -0.1) is 0 Å². The van der Waals surface area contributed by atoms with E-state index >= 15 is 0 Å². The van der Waals surface area contributed by atoms with E-state index in [1.54, 1.807) is 6.08 Å². The molecule has 0 aromatic heterocycles. The normalized spacial score (nSPS) is 10.9. The molecule has 0 saturated carbocycles. The van der Waals surface area contributed by atoms with Gasteiger partial charge in [-0.2, -0.15) is 0 Å². The van der Waals surface area contributed by atoms with Crippen LogP contribution in [0.3, 0.4) is 0 Å². The zero-order chi connectivity index (χ0) is 20.4. The third-order valence-corrected chi connectivity index (χ3v) is 3.46. The van der Waals surface area contributed by atoms with Crippen molar-refractivity contribution in [2.75, 3.05) is 13.2 Å². The number of rotatable bonds is 10. The van der Waals surface area contributed by atoms with Crippen LogP contribution in [0.25, 0.3) is 0 Å². The number of carbonyl (C=O) groups is 1. The van der Waals surface area contributed by atoms with Gasteiger partial charge in [-0.3, -0.25) is 20.2 Å². The summed E-state index contributed by atoms with van der Waals surface area (Å²) >= 11 is 0. The Bertz CT molecular complexity index is 765. The maximum Gasteiger partial charge on any atom is 0.349 e. The molecule has 27 heavy (non-hydrogen) atoms. The zero-order valence-corrected chi connectivity index (χ0v) is 15.5. The summed E-state index contributed by atoms with van der Waals surface area (Å²) in [7, 11) is 0. The third kappa shape index (κ3) is 8.13. The Balaban J connectivity index is 2.50. The molecule has 0 aliphatic carbocycles. The minimum absolute atomic E-state index is 0.0299. The summed E-state index contributed by atoms with van der Waals surface area (Å²) in [5, 5.41) is 21.6. The van der Waals surface area contributed by atoms with Crippen molar-refractivity contribution < 1.29 is 24.1 Å². The highest BCUT2D eigenvalue weighted by Gasteiger charge is 2.24. The van der Waals surface area contributed by atoms with Crippen molar-refractivity contribution in [2.24, 2.45) is 0 Å². The summed E-state index contributed by atoms with van der Waals surface area (Å²) < 4.78 is 10.1. The van der Waals surface area contributed by atoms with Crippen LogP contribution in [0, 0.1) is 20.2 Å². The highest BCUT2D eigenvalue weighted by Crippen LogP contribution is 2.30. The minimum Gasteiger partial charge on any atom is -0.482 e. The maximum absolute atomic E-state index is 11.7. The lowest BCUT2D eigenvalue weighted by atomic mass is 10.1. The fourth-order valence-electron chi connectivity index (χ4n) is 2.05. The number of carbonyl (C=O) groups excluding carboxylic acids is 1. The van der Waals surface area contributed by atoms with Crippen LogP contribution in [-0.2, 0) is 9.53 Å². The van der Waals surface area contributed by atoms with Crippen molar-refractivity contribution in [3.63, 3.8) is 0 Å². The Morgan fingerprint density at radius 2 is 1.74 bits per heavy atom. The summed E-state index contributed by atoms with van der Waals surface area (Å²) in [4.78, 5) is 31.6. The van der Waals surface area contributed by atoms with Gasteiger partial charge in [0, 0.05) is 6.07 Å². The van der Waals surface area contributed by atoms with E-state index in [-0.39, 0.29) is 12.4 Å². The summed E-state index contributed by atoms with van der Waals surface area (Å²) in [6.45, 7) is 5.64. The van der Waals surface area contributed by atoms with E-state index in [2.05, 4.69) is 6.08 Å². The number of allylic oxidation sites excluding steroid dienone is 3. The summed E-state index contributed by atoms with van der Waals surface area (Å²) in [6, 6.07) is 3.04. The van der Waals surface area contributed by atoms with Gasteiger partial charge >= 0.3 is 17.3 Å². The Hall–Kier alpha value is -3.23. The van der Waals surface area contributed by atoms with E-state index in [1.165, 1.54) is 11.6 Å². The molecule has 0 radical (unpaired) electrons. The number of benzene rings is 1. The second kappa shape index (κ2) is 10.7. The van der Waals surface area contributed by atoms with Gasteiger partial charge in [0.2, 0.25) is 0 Å². The van der Waals surface area contributed by atoms with Crippen LogP contribution in [0.4, 0.5) is 11.4 Å². The van der Waals surface area contributed by atoms with Gasteiger partial charge in [-0.1, -0.05) is 17.2 Å². The predicted molar refractivity (Wildman–Crippen MR) is 98.6 cm³/mol. The largest absolute Gasteiger partial charge is 0.482 e. The zero-order valence-electron chi connectivity index (χ0n) is 15.5. The molecular formula is C18H22N2O7. The van der Waals surface area contributed by atoms with Crippen LogP contribution in [0.1, 0.15) is 33.6 Å². The molecular weight excluding hydrogens is 356 g/mol. The molecule has 0 saturated heterocycles. The molecule has 1 rings (SSSR count). The molecule has 0 aliphatic heterocycles. The Morgan fingerprint density at radius 1 is 1.07 bits per heavy atom. The second-order valence-electron chi connectivity index (χ2n) is 6.01. The van der Waals surface area contributed by atoms with E-state index in [1.807, 2.05) is 20.8 Å². The molecule has 0 amide bonds. The van der Waals surface area contributed by atoms with Crippen molar-refractivity contribution in [3.8, 4) is 5.75 Å². The second-order valence-corrected chi connectivity index (χ2v) is 6.01. The van der Waals surface area contributed by atoms with Gasteiger partial charge in [0.1, 0.15) is 12.4 Å². The first-order valence-electron chi connectivity index (χ1n) is 8.21. The summed E-state index contributed by atoms with van der Waals surface area (Å²) in [5.74, 6) is -0.679. The Morgan fingerprint density at radius 3 is 2.33 bits per heavy atom. The van der Waals surface area contributed by atoms with Gasteiger partial charge in [0.05, 0.1) is 15.9 Å². The van der Waals surface area contributed by atoms with Crippen LogP contribution in [-0.4, -0.2) is 29.0 Å². The topological polar surface area (TPSA) is 122 Å². The highest BCUT2D eigenvalue weighted by atomic mass is 16.6. The van der Waals surface area contributed by atoms with Gasteiger partial charge in [0.25, 0.3) is 0 Å². The summed E-state index contributed by atoms with van der Waals surface area (Å²) in [5.41, 5.74) is 0.981. The SMILES string of the molecule is CC(C)=CCC/C(C)=C/COC(=O)COc1ccc([N+](=O)[O-])c([N+](=O)[O-])c1. The fourth-order valence-corrected chi connectivity index (χ4v) is 2.05. The van der Waals surface area contributed by atoms with Crippen molar-refractivity contribution in [1.82, 2.24) is 0 Å². The number of hydrogen-bond acceptors (Lipinski definition) is 7. The van der Waals surface area contributed by atoms with Crippen molar-refractivity contribution in [3.05, 3.63) is 61.7 Å². The lowest BCUT2D eigenvalue weighted by molar-refractivity contribution is -0.422. The van der Waals surface area contributed by atoms with Crippen molar-refractivity contribution in [1.29, 1.82) is 0 Å². The average molecular weight is 378 g/mol. The molecule has 0 aliphatic rings. The number of ether oxygens (including phenoxy) is 2. The fraction of sp³-hybridized carbons (Fsp3) is 0.389.